The highest BCUT2D eigenvalue weighted by atomic mass is 79.9. The number of rotatable bonds is 5. The molecule has 5 heteroatoms. The lowest BCUT2D eigenvalue weighted by Crippen LogP contribution is -2.27. The Hall–Kier alpha value is -1.17. The Morgan fingerprint density at radius 3 is 2.40 bits per heavy atom. The van der Waals surface area contributed by atoms with E-state index in [2.05, 4.69) is 42.5 Å². The summed E-state index contributed by atoms with van der Waals surface area (Å²) in [6, 6.07) is 15.5. The van der Waals surface area contributed by atoms with Crippen LogP contribution in [-0.2, 0) is 11.3 Å². The molecular formula is C15H14Br2N2O. The second kappa shape index (κ2) is 7.57. The molecule has 2 aromatic carbocycles. The monoisotopic (exact) mass is 396 g/mol. The van der Waals surface area contributed by atoms with Crippen molar-refractivity contribution in [1.29, 1.82) is 0 Å². The summed E-state index contributed by atoms with van der Waals surface area (Å²) >= 11 is 6.79. The Balaban J connectivity index is 1.78. The Morgan fingerprint density at radius 1 is 1.00 bits per heavy atom. The number of carbonyl (C=O) groups is 1. The summed E-state index contributed by atoms with van der Waals surface area (Å²) in [5, 5.41) is 5.96. The van der Waals surface area contributed by atoms with E-state index >= 15 is 0 Å². The zero-order valence-corrected chi connectivity index (χ0v) is 13.9. The first-order valence-corrected chi connectivity index (χ1v) is 7.73. The molecule has 0 saturated carbocycles. The molecule has 2 N–H and O–H groups in total. The normalized spacial score (nSPS) is 10.3. The number of benzene rings is 2. The van der Waals surface area contributed by atoms with Gasteiger partial charge in [-0.3, -0.25) is 4.79 Å². The van der Waals surface area contributed by atoms with Crippen LogP contribution in [0.5, 0.6) is 0 Å². The van der Waals surface area contributed by atoms with Crippen LogP contribution < -0.4 is 10.6 Å². The van der Waals surface area contributed by atoms with Crippen LogP contribution in [0.25, 0.3) is 0 Å². The van der Waals surface area contributed by atoms with Gasteiger partial charge in [-0.25, -0.2) is 0 Å². The van der Waals surface area contributed by atoms with Crippen LogP contribution in [-0.4, -0.2) is 12.5 Å². The fraction of sp³-hybridized carbons (Fsp3) is 0.133. The lowest BCUT2D eigenvalue weighted by Gasteiger charge is -2.07. The van der Waals surface area contributed by atoms with E-state index in [4.69, 9.17) is 0 Å². The van der Waals surface area contributed by atoms with Gasteiger partial charge in [0.25, 0.3) is 0 Å². The van der Waals surface area contributed by atoms with Crippen LogP contribution >= 0.6 is 31.9 Å². The number of amides is 1. The van der Waals surface area contributed by atoms with Gasteiger partial charge in [0.2, 0.25) is 5.91 Å². The fourth-order valence-electron chi connectivity index (χ4n) is 1.74. The lowest BCUT2D eigenvalue weighted by atomic mass is 10.2. The predicted molar refractivity (Wildman–Crippen MR) is 88.6 cm³/mol. The Kier molecular flexibility index (Phi) is 5.76. The molecule has 1 amide bonds. The largest absolute Gasteiger partial charge is 0.325 e. The van der Waals surface area contributed by atoms with Crippen molar-refractivity contribution < 1.29 is 4.79 Å². The first-order valence-electron chi connectivity index (χ1n) is 6.14. The highest BCUT2D eigenvalue weighted by Crippen LogP contribution is 2.15. The van der Waals surface area contributed by atoms with Crippen molar-refractivity contribution in [2.45, 2.75) is 6.54 Å². The van der Waals surface area contributed by atoms with Gasteiger partial charge in [0.15, 0.2) is 0 Å². The average molecular weight is 398 g/mol. The number of anilines is 1. The molecule has 3 nitrogen and oxygen atoms in total. The van der Waals surface area contributed by atoms with Crippen LogP contribution in [0.4, 0.5) is 5.69 Å². The van der Waals surface area contributed by atoms with Gasteiger partial charge in [-0.05, 0) is 35.9 Å². The van der Waals surface area contributed by atoms with E-state index in [0.717, 1.165) is 20.2 Å². The van der Waals surface area contributed by atoms with Crippen LogP contribution in [0.1, 0.15) is 5.56 Å². The molecule has 0 fully saturated rings. The Bertz CT molecular complexity index is 602. The van der Waals surface area contributed by atoms with Crippen LogP contribution in [0.3, 0.4) is 0 Å². The maximum atomic E-state index is 11.8. The average Bonchev–Trinajstić information content (AvgIpc) is 2.38. The molecule has 0 radical (unpaired) electrons. The molecule has 104 valence electrons. The highest BCUT2D eigenvalue weighted by molar-refractivity contribution is 9.10. The van der Waals surface area contributed by atoms with Crippen molar-refractivity contribution >= 4 is 43.5 Å². The maximum Gasteiger partial charge on any atom is 0.238 e. The molecule has 0 atom stereocenters. The molecule has 0 spiro atoms. The molecule has 0 unspecified atom stereocenters. The summed E-state index contributed by atoms with van der Waals surface area (Å²) < 4.78 is 1.98. The summed E-state index contributed by atoms with van der Waals surface area (Å²) in [6.07, 6.45) is 0. The van der Waals surface area contributed by atoms with Gasteiger partial charge in [0, 0.05) is 21.2 Å². The lowest BCUT2D eigenvalue weighted by molar-refractivity contribution is -0.115. The van der Waals surface area contributed by atoms with Gasteiger partial charge < -0.3 is 10.6 Å². The number of hydrogen-bond acceptors (Lipinski definition) is 2. The van der Waals surface area contributed by atoms with E-state index in [9.17, 15) is 4.79 Å². The zero-order valence-electron chi connectivity index (χ0n) is 10.7. The minimum Gasteiger partial charge on any atom is -0.325 e. The molecule has 0 aromatic heterocycles. The first kappa shape index (κ1) is 15.2. The molecule has 0 saturated heterocycles. The third-order valence-electron chi connectivity index (χ3n) is 2.61. The first-order chi connectivity index (χ1) is 9.63. The van der Waals surface area contributed by atoms with Gasteiger partial charge in [0.05, 0.1) is 6.54 Å². The molecule has 20 heavy (non-hydrogen) atoms. The van der Waals surface area contributed by atoms with Crippen LogP contribution in [0, 0.1) is 0 Å². The molecule has 2 aromatic rings. The van der Waals surface area contributed by atoms with E-state index in [0.29, 0.717) is 6.54 Å². The molecule has 0 aliphatic rings. The van der Waals surface area contributed by atoms with Gasteiger partial charge in [-0.1, -0.05) is 50.1 Å². The molecule has 0 bridgehead atoms. The van der Waals surface area contributed by atoms with E-state index in [1.807, 2.05) is 48.5 Å². The molecule has 0 heterocycles. The number of carbonyl (C=O) groups excluding carboxylic acids is 1. The standard InChI is InChI=1S/C15H14Br2N2O/c16-12-4-1-3-11(7-12)9-18-10-15(20)19-14-6-2-5-13(17)8-14/h1-8,18H,9-10H2,(H,19,20). The summed E-state index contributed by atoms with van der Waals surface area (Å²) in [5.74, 6) is -0.0573. The van der Waals surface area contributed by atoms with Crippen molar-refractivity contribution in [2.24, 2.45) is 0 Å². The van der Waals surface area contributed by atoms with Gasteiger partial charge in [-0.2, -0.15) is 0 Å². The van der Waals surface area contributed by atoms with Crippen molar-refractivity contribution in [3.63, 3.8) is 0 Å². The number of nitrogens with one attached hydrogen (secondary N) is 2. The zero-order chi connectivity index (χ0) is 14.4. The van der Waals surface area contributed by atoms with Gasteiger partial charge >= 0.3 is 0 Å². The third kappa shape index (κ3) is 5.07. The molecule has 0 aliphatic carbocycles. The maximum absolute atomic E-state index is 11.8. The predicted octanol–water partition coefficient (Wildman–Crippen LogP) is 3.94. The van der Waals surface area contributed by atoms with Crippen LogP contribution in [0.2, 0.25) is 0 Å². The van der Waals surface area contributed by atoms with E-state index in [-0.39, 0.29) is 12.5 Å². The van der Waals surface area contributed by atoms with Gasteiger partial charge in [0.1, 0.15) is 0 Å². The third-order valence-corrected chi connectivity index (χ3v) is 3.60. The van der Waals surface area contributed by atoms with Crippen molar-refractivity contribution in [2.75, 3.05) is 11.9 Å². The summed E-state index contributed by atoms with van der Waals surface area (Å²) in [5.41, 5.74) is 1.92. The van der Waals surface area contributed by atoms with E-state index < -0.39 is 0 Å². The van der Waals surface area contributed by atoms with Crippen molar-refractivity contribution in [1.82, 2.24) is 5.32 Å². The Labute approximate surface area is 135 Å². The minimum absolute atomic E-state index is 0.0573. The minimum atomic E-state index is -0.0573. The Morgan fingerprint density at radius 2 is 1.70 bits per heavy atom. The van der Waals surface area contributed by atoms with Crippen LogP contribution in [0.15, 0.2) is 57.5 Å². The van der Waals surface area contributed by atoms with E-state index in [1.54, 1.807) is 0 Å². The highest BCUT2D eigenvalue weighted by Gasteiger charge is 2.02. The summed E-state index contributed by atoms with van der Waals surface area (Å²) in [6.45, 7) is 0.935. The number of halogens is 2. The quantitative estimate of drug-likeness (QED) is 0.802. The molecular weight excluding hydrogens is 384 g/mol. The summed E-state index contributed by atoms with van der Waals surface area (Å²) in [4.78, 5) is 11.8. The summed E-state index contributed by atoms with van der Waals surface area (Å²) in [7, 11) is 0. The van der Waals surface area contributed by atoms with Crippen molar-refractivity contribution in [3.8, 4) is 0 Å². The number of hydrogen-bond donors (Lipinski definition) is 2. The van der Waals surface area contributed by atoms with Crippen molar-refractivity contribution in [3.05, 3.63) is 63.0 Å². The topological polar surface area (TPSA) is 41.1 Å². The molecule has 0 aliphatic heterocycles. The van der Waals surface area contributed by atoms with Gasteiger partial charge in [-0.15, -0.1) is 0 Å². The second-order valence-corrected chi connectivity index (χ2v) is 6.12. The smallest absolute Gasteiger partial charge is 0.238 e. The second-order valence-electron chi connectivity index (χ2n) is 4.29. The molecule has 2 rings (SSSR count). The van der Waals surface area contributed by atoms with E-state index in [1.165, 1.54) is 0 Å². The SMILES string of the molecule is O=C(CNCc1cccc(Br)c1)Nc1cccc(Br)c1. The fourth-order valence-corrected chi connectivity index (χ4v) is 2.58.